The Bertz CT molecular complexity index is 4630. The number of thiocarbonyl (C=S) groups is 1. The van der Waals surface area contributed by atoms with Crippen molar-refractivity contribution in [2.75, 3.05) is 102 Å². The van der Waals surface area contributed by atoms with Gasteiger partial charge in [-0.2, -0.15) is 0 Å². The fourth-order valence-corrected chi connectivity index (χ4v) is 12.0. The van der Waals surface area contributed by atoms with Gasteiger partial charge in [0.2, 0.25) is 17.2 Å². The van der Waals surface area contributed by atoms with Gasteiger partial charge in [0.15, 0.2) is 46.0 Å². The summed E-state index contributed by atoms with van der Waals surface area (Å²) in [6.45, 7) is 15.4. The van der Waals surface area contributed by atoms with E-state index in [0.717, 1.165) is 107 Å². The maximum Gasteiger partial charge on any atom is 0.264 e. The number of pyridine rings is 3. The van der Waals surface area contributed by atoms with Crippen molar-refractivity contribution in [3.05, 3.63) is 215 Å². The lowest BCUT2D eigenvalue weighted by atomic mass is 9.98. The van der Waals surface area contributed by atoms with E-state index in [-0.39, 0.29) is 24.8 Å². The topological polar surface area (TPSA) is 200 Å². The zero-order valence-corrected chi connectivity index (χ0v) is 65.9. The van der Waals surface area contributed by atoms with Gasteiger partial charge >= 0.3 is 0 Å². The number of rotatable bonds is 31. The molecule has 0 bridgehead atoms. The molecule has 22 heteroatoms. The Morgan fingerprint density at radius 1 is 0.383 bits per heavy atom. The third-order valence-corrected chi connectivity index (χ3v) is 17.2. The predicted octanol–water partition coefficient (Wildman–Crippen LogP) is 18.9. The smallest absolute Gasteiger partial charge is 0.264 e. The van der Waals surface area contributed by atoms with Gasteiger partial charge in [-0.1, -0.05) is 99.6 Å². The number of hydrogen-bond donors (Lipinski definition) is 1. The molecule has 0 unspecified atom stereocenters. The first-order valence-electron chi connectivity index (χ1n) is 35.3. The summed E-state index contributed by atoms with van der Waals surface area (Å²) < 4.78 is 74.9. The van der Waals surface area contributed by atoms with Gasteiger partial charge in [0.1, 0.15) is 17.2 Å². The van der Waals surface area contributed by atoms with Crippen molar-refractivity contribution in [2.45, 2.75) is 80.1 Å². The summed E-state index contributed by atoms with van der Waals surface area (Å²) in [6, 6.07) is 44.3. The second kappa shape index (κ2) is 41.9. The predicted molar refractivity (Wildman–Crippen MR) is 437 cm³/mol. The molecule has 0 radical (unpaired) electrons. The Kier molecular flexibility index (Phi) is 32.7. The number of halogens is 2. The first-order chi connectivity index (χ1) is 51.2. The van der Waals surface area contributed by atoms with Crippen LogP contribution in [0.4, 0.5) is 11.4 Å². The van der Waals surface area contributed by atoms with Crippen LogP contribution >= 0.6 is 37.0 Å². The zero-order chi connectivity index (χ0) is 74.8. The molecule has 0 aliphatic carbocycles. The van der Waals surface area contributed by atoms with E-state index in [1.165, 1.54) is 0 Å². The Morgan fingerprint density at radius 3 is 1.09 bits per heavy atom. The van der Waals surface area contributed by atoms with Gasteiger partial charge in [-0.25, -0.2) is 4.99 Å². The molecule has 3 heterocycles. The standard InChI is InChI=1S/C36H36N2O4.C26H32N2O5S.C23H28N2O4.2ClH/c1-5-19-42-36-32(39-3)21-25(22-33(36)40-4)20-28-23-37-24-30-29(28)17-18-31(41-6-2)35(30)38-34(26-13-9-7-10-14-26)27-15-11-8-12-16-27;1-7-11-32-25-22(29-5)13-17(14-23(25)30-6)12-18-15-27-16-20-19(18)9-10-21(31-8-2)24(20)33-26(34)28(3)4;1-5-9-29-23-20(26-3)11-15(12-21(23)27-4)10-16-13-25-14-18-17(16)7-8-19(22(18)24)28-6-2;;/h7-18,21-24H,5-6,19-20H2,1-4H3;9-10,13-16H,7-8,11-12H2,1-6H3;7-8,11-14H,5-6,9-10,24H2,1-4H3;2*1H. The number of nitrogen functional groups attached to an aromatic ring is 1. The monoisotopic (exact) mass is 1510 g/mol. The van der Waals surface area contributed by atoms with Crippen molar-refractivity contribution >= 4 is 91.6 Å². The van der Waals surface area contributed by atoms with Gasteiger partial charge in [0.25, 0.3) is 5.17 Å². The van der Waals surface area contributed by atoms with Gasteiger partial charge in [-0.05, 0) is 176 Å². The van der Waals surface area contributed by atoms with Crippen LogP contribution in [0.5, 0.6) is 74.7 Å². The van der Waals surface area contributed by atoms with Crippen LogP contribution < -0.4 is 67.3 Å². The molecule has 107 heavy (non-hydrogen) atoms. The van der Waals surface area contributed by atoms with Gasteiger partial charge in [0, 0.05) is 78.6 Å². The number of methoxy groups -OCH3 is 6. The van der Waals surface area contributed by atoms with E-state index >= 15 is 0 Å². The number of fused-ring (bicyclic) bond motifs is 3. The third kappa shape index (κ3) is 20.9. The van der Waals surface area contributed by atoms with E-state index in [9.17, 15) is 0 Å². The maximum absolute atomic E-state index is 6.30. The SMILES string of the molecule is CCCOc1c(OC)cc(Cc2cncc3c(N)c(OCC)ccc23)cc1OC.CCCOc1c(OC)cc(Cc2cncc3c(N=C(c4ccccc4)c4ccccc4)c(OCC)ccc23)cc1OC.CCCOc1c(OC)cc(Cc2cncc3c(OC(=S)N(C)C)c(OCC)ccc23)cc1OC.Cl.Cl. The Balaban J connectivity index is 0.000000226. The minimum Gasteiger partial charge on any atom is -0.493 e. The molecule has 2 N–H and O–H groups in total. The lowest BCUT2D eigenvalue weighted by molar-refractivity contribution is 0.274. The molecule has 0 aliphatic heterocycles. The molecule has 0 fully saturated rings. The number of aromatic nitrogens is 3. The number of aliphatic imine (C=N–C) groups is 1. The van der Waals surface area contributed by atoms with Crippen LogP contribution in [0.25, 0.3) is 32.3 Å². The van der Waals surface area contributed by atoms with Crippen molar-refractivity contribution in [3.63, 3.8) is 0 Å². The van der Waals surface area contributed by atoms with Crippen molar-refractivity contribution in [2.24, 2.45) is 4.99 Å². The molecule has 11 rings (SSSR count). The fourth-order valence-electron chi connectivity index (χ4n) is 11.9. The second-order valence-electron chi connectivity index (χ2n) is 24.3. The van der Waals surface area contributed by atoms with Crippen LogP contribution in [-0.2, 0) is 19.3 Å². The number of benzene rings is 8. The van der Waals surface area contributed by atoms with E-state index in [2.05, 4.69) is 66.1 Å². The minimum absolute atomic E-state index is 0. The zero-order valence-electron chi connectivity index (χ0n) is 63.5. The highest BCUT2D eigenvalue weighted by Gasteiger charge is 2.23. The van der Waals surface area contributed by atoms with E-state index < -0.39 is 0 Å². The van der Waals surface area contributed by atoms with Gasteiger partial charge < -0.3 is 72.2 Å². The van der Waals surface area contributed by atoms with E-state index in [0.29, 0.717) is 145 Å². The van der Waals surface area contributed by atoms with E-state index in [4.69, 9.17) is 84.5 Å². The van der Waals surface area contributed by atoms with Crippen molar-refractivity contribution in [1.82, 2.24) is 19.9 Å². The molecule has 0 spiro atoms. The van der Waals surface area contributed by atoms with Crippen LogP contribution in [0, 0.1) is 0 Å². The second-order valence-corrected chi connectivity index (χ2v) is 24.6. The maximum atomic E-state index is 6.30. The molecule has 11 aromatic rings. The number of ether oxygens (including phenoxy) is 13. The van der Waals surface area contributed by atoms with Crippen LogP contribution in [-0.4, -0.2) is 127 Å². The number of hydrogen-bond acceptors (Lipinski definition) is 19. The van der Waals surface area contributed by atoms with Crippen molar-refractivity contribution in [3.8, 4) is 74.7 Å². The molecule has 566 valence electrons. The highest BCUT2D eigenvalue weighted by Crippen LogP contribution is 2.45. The van der Waals surface area contributed by atoms with E-state index in [1.54, 1.807) is 60.0 Å². The number of nitrogens with two attached hydrogens (primary N) is 1. The van der Waals surface area contributed by atoms with Crippen LogP contribution in [0.3, 0.4) is 0 Å². The Labute approximate surface area is 646 Å². The Hall–Kier alpha value is -10.7. The first kappa shape index (κ1) is 83.6. The van der Waals surface area contributed by atoms with Crippen LogP contribution in [0.15, 0.2) is 176 Å². The molecule has 0 amide bonds. The van der Waals surface area contributed by atoms with Crippen molar-refractivity contribution in [1.29, 1.82) is 0 Å². The molecule has 3 aromatic heterocycles. The van der Waals surface area contributed by atoms with Crippen molar-refractivity contribution < 1.29 is 61.6 Å². The summed E-state index contributed by atoms with van der Waals surface area (Å²) in [6.07, 6.45) is 15.6. The van der Waals surface area contributed by atoms with Crippen LogP contribution in [0.1, 0.15) is 105 Å². The minimum atomic E-state index is 0. The average molecular weight is 1510 g/mol. The lowest BCUT2D eigenvalue weighted by Crippen LogP contribution is -2.25. The lowest BCUT2D eigenvalue weighted by Gasteiger charge is -2.19. The molecule has 0 saturated heterocycles. The van der Waals surface area contributed by atoms with E-state index in [1.807, 2.05) is 163 Å². The quantitative estimate of drug-likeness (QED) is 0.0244. The number of anilines is 1. The average Bonchev–Trinajstić information content (AvgIpc) is 0.791. The molecule has 19 nitrogen and oxygen atoms in total. The summed E-state index contributed by atoms with van der Waals surface area (Å²) in [5.74, 6) is 8.30. The molecule has 0 saturated carbocycles. The highest BCUT2D eigenvalue weighted by molar-refractivity contribution is 7.80. The summed E-state index contributed by atoms with van der Waals surface area (Å²) in [7, 11) is 13.5. The third-order valence-electron chi connectivity index (χ3n) is 16.8. The number of nitrogens with zero attached hydrogens (tertiary/aromatic N) is 5. The summed E-state index contributed by atoms with van der Waals surface area (Å²) in [4.78, 5) is 20.6. The van der Waals surface area contributed by atoms with Crippen LogP contribution in [0.2, 0.25) is 0 Å². The summed E-state index contributed by atoms with van der Waals surface area (Å²) in [5, 5.41) is 6.08. The van der Waals surface area contributed by atoms with Gasteiger partial charge in [-0.3, -0.25) is 15.0 Å². The van der Waals surface area contributed by atoms with Gasteiger partial charge in [0.05, 0.1) is 93.7 Å². The molecule has 0 aliphatic rings. The normalized spacial score (nSPS) is 10.5. The molecule has 8 aromatic carbocycles. The molecular weight excluding hydrogens is 1420 g/mol. The molecule has 0 atom stereocenters. The summed E-state index contributed by atoms with van der Waals surface area (Å²) in [5.41, 5.74) is 16.8. The van der Waals surface area contributed by atoms with Gasteiger partial charge in [-0.15, -0.1) is 24.8 Å². The molecular formula is C85H98Cl2N6O13S. The fraction of sp³-hybridized carbons (Fsp3) is 0.306. The Morgan fingerprint density at radius 2 is 0.720 bits per heavy atom. The first-order valence-corrected chi connectivity index (χ1v) is 35.7. The summed E-state index contributed by atoms with van der Waals surface area (Å²) >= 11 is 5.39. The highest BCUT2D eigenvalue weighted by atomic mass is 35.5. The largest absolute Gasteiger partial charge is 0.493 e.